The van der Waals surface area contributed by atoms with Gasteiger partial charge in [0.05, 0.1) is 30.9 Å². The van der Waals surface area contributed by atoms with E-state index in [0.29, 0.717) is 33.0 Å². The molecule has 3 aromatic carbocycles. The molecule has 4 aromatic rings. The third-order valence-electron chi connectivity index (χ3n) is 5.08. The van der Waals surface area contributed by atoms with Crippen LogP contribution in [-0.2, 0) is 16.0 Å². The number of nitrogen functional groups attached to an aromatic ring is 2. The van der Waals surface area contributed by atoms with Gasteiger partial charge in [0.25, 0.3) is 0 Å². The average molecular weight is 405 g/mol. The van der Waals surface area contributed by atoms with Gasteiger partial charge in [-0.1, -0.05) is 24.3 Å². The summed E-state index contributed by atoms with van der Waals surface area (Å²) in [7, 11) is 1.66. The van der Waals surface area contributed by atoms with Crippen LogP contribution in [0.1, 0.15) is 5.56 Å². The number of benzene rings is 3. The molecule has 156 valence electrons. The molecule has 0 saturated heterocycles. The summed E-state index contributed by atoms with van der Waals surface area (Å²) >= 11 is 0. The van der Waals surface area contributed by atoms with Crippen LogP contribution in [0.15, 0.2) is 60.7 Å². The van der Waals surface area contributed by atoms with Crippen molar-refractivity contribution in [3.05, 3.63) is 66.2 Å². The van der Waals surface area contributed by atoms with E-state index in [4.69, 9.17) is 25.7 Å². The lowest BCUT2D eigenvalue weighted by Gasteiger charge is -2.11. The summed E-state index contributed by atoms with van der Waals surface area (Å²) in [5.41, 5.74) is 17.0. The van der Waals surface area contributed by atoms with Gasteiger partial charge in [0.15, 0.2) is 0 Å². The molecule has 0 aliphatic heterocycles. The van der Waals surface area contributed by atoms with E-state index in [2.05, 4.69) is 28.8 Å². The van der Waals surface area contributed by atoms with E-state index >= 15 is 0 Å². The number of fused-ring (bicyclic) bond motifs is 3. The molecule has 0 aliphatic rings. The lowest BCUT2D eigenvalue weighted by molar-refractivity contribution is 0.0544. The Kier molecular flexibility index (Phi) is 6.07. The Morgan fingerprint density at radius 1 is 0.767 bits per heavy atom. The van der Waals surface area contributed by atoms with E-state index < -0.39 is 0 Å². The molecule has 0 unspecified atom stereocenters. The number of hydrogen-bond donors (Lipinski definition) is 2. The van der Waals surface area contributed by atoms with Crippen LogP contribution in [0.25, 0.3) is 21.8 Å². The first-order valence-electron chi connectivity index (χ1n) is 10.0. The Labute approximate surface area is 175 Å². The monoisotopic (exact) mass is 405 g/mol. The Hall–Kier alpha value is -3.22. The summed E-state index contributed by atoms with van der Waals surface area (Å²) in [6, 6.07) is 20.2. The molecule has 0 bridgehead atoms. The Morgan fingerprint density at radius 2 is 1.43 bits per heavy atom. The first-order chi connectivity index (χ1) is 14.7. The molecule has 0 amide bonds. The van der Waals surface area contributed by atoms with Crippen molar-refractivity contribution in [1.82, 2.24) is 4.57 Å². The summed E-state index contributed by atoms with van der Waals surface area (Å²) in [5.74, 6) is 0.822. The molecule has 4 rings (SSSR count). The van der Waals surface area contributed by atoms with Gasteiger partial charge in [-0.3, -0.25) is 0 Å². The van der Waals surface area contributed by atoms with Gasteiger partial charge in [-0.05, 0) is 42.0 Å². The number of ether oxygens (including phenoxy) is 3. The summed E-state index contributed by atoms with van der Waals surface area (Å²) in [5, 5.41) is 2.33. The van der Waals surface area contributed by atoms with E-state index in [0.717, 1.165) is 33.7 Å². The largest absolute Gasteiger partial charge is 0.491 e. The Morgan fingerprint density at radius 3 is 2.10 bits per heavy atom. The third-order valence-corrected chi connectivity index (χ3v) is 5.08. The van der Waals surface area contributed by atoms with E-state index in [1.165, 1.54) is 10.8 Å². The fourth-order valence-electron chi connectivity index (χ4n) is 3.68. The number of rotatable bonds is 9. The SMILES string of the molecule is COCCOCCOc1cccc(Cn2c3cc(N)ccc3c3ccc(N)cc32)c1. The molecular weight excluding hydrogens is 378 g/mol. The zero-order chi connectivity index (χ0) is 20.9. The fraction of sp³-hybridized carbons (Fsp3) is 0.250. The van der Waals surface area contributed by atoms with Crippen LogP contribution in [0.5, 0.6) is 5.75 Å². The molecule has 4 N–H and O–H groups in total. The average Bonchev–Trinajstić information content (AvgIpc) is 3.03. The van der Waals surface area contributed by atoms with Gasteiger partial charge < -0.3 is 30.2 Å². The predicted molar refractivity (Wildman–Crippen MR) is 122 cm³/mol. The van der Waals surface area contributed by atoms with E-state index in [1.807, 2.05) is 36.4 Å². The highest BCUT2D eigenvalue weighted by molar-refractivity contribution is 6.09. The minimum atomic E-state index is 0.496. The van der Waals surface area contributed by atoms with Crippen LogP contribution < -0.4 is 16.2 Å². The minimum Gasteiger partial charge on any atom is -0.491 e. The Balaban J connectivity index is 1.58. The van der Waals surface area contributed by atoms with Crippen molar-refractivity contribution in [2.24, 2.45) is 0 Å². The fourth-order valence-corrected chi connectivity index (χ4v) is 3.68. The zero-order valence-corrected chi connectivity index (χ0v) is 17.1. The van der Waals surface area contributed by atoms with Crippen molar-refractivity contribution in [1.29, 1.82) is 0 Å². The maximum atomic E-state index is 6.08. The highest BCUT2D eigenvalue weighted by Gasteiger charge is 2.12. The summed E-state index contributed by atoms with van der Waals surface area (Å²) in [4.78, 5) is 0. The smallest absolute Gasteiger partial charge is 0.119 e. The van der Waals surface area contributed by atoms with Crippen molar-refractivity contribution in [3.63, 3.8) is 0 Å². The second-order valence-electron chi connectivity index (χ2n) is 7.24. The molecule has 0 fully saturated rings. The topological polar surface area (TPSA) is 84.7 Å². The standard InChI is InChI=1S/C24H27N3O3/c1-28-9-10-29-11-12-30-20-4-2-3-17(13-20)16-27-23-14-18(25)5-7-21(23)22-8-6-19(26)15-24(22)27/h2-8,13-15H,9-12,16,25-26H2,1H3. The summed E-state index contributed by atoms with van der Waals surface area (Å²) < 4.78 is 18.5. The lowest BCUT2D eigenvalue weighted by Crippen LogP contribution is -2.10. The predicted octanol–water partition coefficient (Wildman–Crippen LogP) is 4.05. The summed E-state index contributed by atoms with van der Waals surface area (Å²) in [6.07, 6.45) is 0. The molecule has 0 aliphatic carbocycles. The van der Waals surface area contributed by atoms with Crippen LogP contribution in [0.2, 0.25) is 0 Å². The molecule has 0 radical (unpaired) electrons. The molecule has 30 heavy (non-hydrogen) atoms. The van der Waals surface area contributed by atoms with Crippen molar-refractivity contribution in [2.75, 3.05) is 45.0 Å². The number of hydrogen-bond acceptors (Lipinski definition) is 5. The van der Waals surface area contributed by atoms with Crippen LogP contribution in [0.4, 0.5) is 11.4 Å². The van der Waals surface area contributed by atoms with Crippen molar-refractivity contribution < 1.29 is 14.2 Å². The highest BCUT2D eigenvalue weighted by Crippen LogP contribution is 2.32. The van der Waals surface area contributed by atoms with Crippen LogP contribution in [-0.4, -0.2) is 38.1 Å². The molecule has 1 aromatic heterocycles. The number of methoxy groups -OCH3 is 1. The normalized spacial score (nSPS) is 11.4. The van der Waals surface area contributed by atoms with E-state index in [9.17, 15) is 0 Å². The number of nitrogens with two attached hydrogens (primary N) is 2. The highest BCUT2D eigenvalue weighted by atomic mass is 16.5. The second kappa shape index (κ2) is 9.07. The van der Waals surface area contributed by atoms with Crippen LogP contribution in [0.3, 0.4) is 0 Å². The molecule has 6 nitrogen and oxygen atoms in total. The number of nitrogens with zero attached hydrogens (tertiary/aromatic N) is 1. The maximum Gasteiger partial charge on any atom is 0.119 e. The van der Waals surface area contributed by atoms with Crippen LogP contribution >= 0.6 is 0 Å². The van der Waals surface area contributed by atoms with Gasteiger partial charge in [-0.15, -0.1) is 0 Å². The zero-order valence-electron chi connectivity index (χ0n) is 17.1. The van der Waals surface area contributed by atoms with Crippen molar-refractivity contribution >= 4 is 33.2 Å². The van der Waals surface area contributed by atoms with E-state index in [1.54, 1.807) is 7.11 Å². The van der Waals surface area contributed by atoms with Gasteiger partial charge in [0, 0.05) is 35.8 Å². The maximum absolute atomic E-state index is 6.08. The van der Waals surface area contributed by atoms with Gasteiger partial charge in [0.1, 0.15) is 12.4 Å². The first-order valence-corrected chi connectivity index (χ1v) is 10.0. The molecule has 6 heteroatoms. The third kappa shape index (κ3) is 4.35. The molecule has 0 spiro atoms. The van der Waals surface area contributed by atoms with E-state index in [-0.39, 0.29) is 0 Å². The number of aromatic nitrogens is 1. The Bertz CT molecular complexity index is 1090. The van der Waals surface area contributed by atoms with Gasteiger partial charge in [0.2, 0.25) is 0 Å². The minimum absolute atomic E-state index is 0.496. The van der Waals surface area contributed by atoms with Gasteiger partial charge in [-0.25, -0.2) is 0 Å². The van der Waals surface area contributed by atoms with Crippen LogP contribution in [0, 0.1) is 0 Å². The first kappa shape index (κ1) is 20.1. The molecular formula is C24H27N3O3. The molecule has 1 heterocycles. The second-order valence-corrected chi connectivity index (χ2v) is 7.24. The lowest BCUT2D eigenvalue weighted by atomic mass is 10.1. The molecule has 0 saturated carbocycles. The van der Waals surface area contributed by atoms with Crippen molar-refractivity contribution in [2.45, 2.75) is 6.54 Å². The van der Waals surface area contributed by atoms with Crippen molar-refractivity contribution in [3.8, 4) is 5.75 Å². The summed E-state index contributed by atoms with van der Waals surface area (Å²) in [6.45, 7) is 2.87. The van der Waals surface area contributed by atoms with Gasteiger partial charge in [-0.2, -0.15) is 0 Å². The quantitative estimate of drug-likeness (QED) is 0.324. The van der Waals surface area contributed by atoms with Gasteiger partial charge >= 0.3 is 0 Å². The molecule has 0 atom stereocenters. The number of anilines is 2.